The van der Waals surface area contributed by atoms with Crippen LogP contribution in [0.15, 0.2) is 35.4 Å². The standard InChI is InChI=1S/C23H23F3N4O3/c1-4-33-23(32)15-11-30(22-16(24)6-5-7-27-22)19-14(21(15)31)8-17(25)20(18(19)26)29-9-12(2)28-13(3)10-29/h5-8,11-13,28H,4,9-10H2,1-3H3. The van der Waals surface area contributed by atoms with Gasteiger partial charge in [0.2, 0.25) is 5.43 Å². The molecule has 0 spiro atoms. The average Bonchev–Trinajstić information content (AvgIpc) is 2.74. The van der Waals surface area contributed by atoms with E-state index in [-0.39, 0.29) is 35.7 Å². The van der Waals surface area contributed by atoms with E-state index >= 15 is 8.78 Å². The molecule has 0 saturated carbocycles. The first-order chi connectivity index (χ1) is 15.7. The average molecular weight is 460 g/mol. The van der Waals surface area contributed by atoms with Gasteiger partial charge in [-0.2, -0.15) is 0 Å². The highest BCUT2D eigenvalue weighted by Gasteiger charge is 2.30. The Morgan fingerprint density at radius 1 is 1.21 bits per heavy atom. The van der Waals surface area contributed by atoms with Crippen molar-refractivity contribution in [3.63, 3.8) is 0 Å². The minimum atomic E-state index is -1.04. The van der Waals surface area contributed by atoms with E-state index in [4.69, 9.17) is 4.74 Å². The van der Waals surface area contributed by atoms with Gasteiger partial charge in [-0.3, -0.25) is 9.36 Å². The summed E-state index contributed by atoms with van der Waals surface area (Å²) in [5, 5.41) is 2.87. The number of ether oxygens (including phenoxy) is 1. The number of nitrogens with zero attached hydrogens (tertiary/aromatic N) is 3. The minimum Gasteiger partial charge on any atom is -0.462 e. The molecule has 1 saturated heterocycles. The number of halogens is 3. The van der Waals surface area contributed by atoms with Gasteiger partial charge in [0.15, 0.2) is 17.5 Å². The van der Waals surface area contributed by atoms with Crippen LogP contribution in [0.5, 0.6) is 0 Å². The monoisotopic (exact) mass is 460 g/mol. The molecular formula is C23H23F3N4O3. The molecular weight excluding hydrogens is 437 g/mol. The van der Waals surface area contributed by atoms with Gasteiger partial charge < -0.3 is 15.0 Å². The van der Waals surface area contributed by atoms with Crippen molar-refractivity contribution in [2.75, 3.05) is 24.6 Å². The molecule has 4 rings (SSSR count). The third-order valence-corrected chi connectivity index (χ3v) is 5.49. The maximum absolute atomic E-state index is 16.0. The topological polar surface area (TPSA) is 76.5 Å². The fraction of sp³-hybridized carbons (Fsp3) is 0.348. The molecule has 0 amide bonds. The van der Waals surface area contributed by atoms with Gasteiger partial charge in [0.05, 0.1) is 17.5 Å². The molecule has 0 bridgehead atoms. The summed E-state index contributed by atoms with van der Waals surface area (Å²) in [6.45, 7) is 5.97. The molecule has 7 nitrogen and oxygen atoms in total. The van der Waals surface area contributed by atoms with E-state index in [0.29, 0.717) is 13.1 Å². The van der Waals surface area contributed by atoms with Crippen molar-refractivity contribution in [3.05, 3.63) is 63.8 Å². The highest BCUT2D eigenvalue weighted by molar-refractivity contribution is 5.95. The van der Waals surface area contributed by atoms with Crippen LogP contribution >= 0.6 is 0 Å². The molecule has 2 unspecified atom stereocenters. The van der Waals surface area contributed by atoms with Crippen LogP contribution in [0, 0.1) is 17.5 Å². The Morgan fingerprint density at radius 3 is 2.55 bits per heavy atom. The normalized spacial score (nSPS) is 18.5. The summed E-state index contributed by atoms with van der Waals surface area (Å²) < 4.78 is 51.8. The maximum atomic E-state index is 16.0. The van der Waals surface area contributed by atoms with Crippen LogP contribution in [0.3, 0.4) is 0 Å². The largest absolute Gasteiger partial charge is 0.462 e. The summed E-state index contributed by atoms with van der Waals surface area (Å²) in [5.41, 5.74) is -2.09. The molecule has 0 aliphatic carbocycles. The van der Waals surface area contributed by atoms with Crippen LogP contribution in [0.4, 0.5) is 18.9 Å². The van der Waals surface area contributed by atoms with Crippen LogP contribution in [-0.4, -0.2) is 47.3 Å². The second-order valence-corrected chi connectivity index (χ2v) is 8.06. The molecule has 3 heterocycles. The fourth-order valence-electron chi connectivity index (χ4n) is 4.28. The second-order valence-electron chi connectivity index (χ2n) is 8.06. The minimum absolute atomic E-state index is 0.0186. The second kappa shape index (κ2) is 8.86. The Balaban J connectivity index is 2.06. The summed E-state index contributed by atoms with van der Waals surface area (Å²) >= 11 is 0. The summed E-state index contributed by atoms with van der Waals surface area (Å²) in [6.07, 6.45) is 2.27. The highest BCUT2D eigenvalue weighted by atomic mass is 19.1. The third-order valence-electron chi connectivity index (χ3n) is 5.49. The van der Waals surface area contributed by atoms with Crippen molar-refractivity contribution in [1.82, 2.24) is 14.9 Å². The smallest absolute Gasteiger partial charge is 0.343 e. The number of carbonyl (C=O) groups excluding carboxylic acids is 1. The van der Waals surface area contributed by atoms with Gasteiger partial charge in [-0.05, 0) is 39.0 Å². The molecule has 1 fully saturated rings. The molecule has 10 heteroatoms. The van der Waals surface area contributed by atoms with Crippen LogP contribution < -0.4 is 15.6 Å². The first-order valence-corrected chi connectivity index (χ1v) is 10.6. The van der Waals surface area contributed by atoms with E-state index in [9.17, 15) is 14.0 Å². The molecule has 1 aromatic carbocycles. The zero-order valence-corrected chi connectivity index (χ0v) is 18.4. The van der Waals surface area contributed by atoms with E-state index in [1.807, 2.05) is 13.8 Å². The molecule has 2 atom stereocenters. The van der Waals surface area contributed by atoms with Gasteiger partial charge >= 0.3 is 5.97 Å². The van der Waals surface area contributed by atoms with E-state index in [1.165, 1.54) is 12.3 Å². The van der Waals surface area contributed by atoms with Crippen molar-refractivity contribution >= 4 is 22.6 Å². The van der Waals surface area contributed by atoms with E-state index in [2.05, 4.69) is 10.3 Å². The Hall–Kier alpha value is -3.40. The number of pyridine rings is 2. The van der Waals surface area contributed by atoms with Gasteiger partial charge in [0.25, 0.3) is 0 Å². The quantitative estimate of drug-likeness (QED) is 0.603. The molecule has 1 aliphatic rings. The maximum Gasteiger partial charge on any atom is 0.343 e. The molecule has 3 aromatic rings. The van der Waals surface area contributed by atoms with Gasteiger partial charge in [0, 0.05) is 37.6 Å². The van der Waals surface area contributed by atoms with E-state index in [1.54, 1.807) is 11.8 Å². The van der Waals surface area contributed by atoms with Crippen LogP contribution in [0.2, 0.25) is 0 Å². The van der Waals surface area contributed by atoms with E-state index < -0.39 is 39.8 Å². The van der Waals surface area contributed by atoms with Crippen molar-refractivity contribution in [2.45, 2.75) is 32.9 Å². The van der Waals surface area contributed by atoms with Crippen LogP contribution in [-0.2, 0) is 4.74 Å². The molecule has 1 aliphatic heterocycles. The lowest BCUT2D eigenvalue weighted by molar-refractivity contribution is 0.0524. The van der Waals surface area contributed by atoms with Gasteiger partial charge in [-0.15, -0.1) is 0 Å². The predicted molar refractivity (Wildman–Crippen MR) is 117 cm³/mol. The number of piperazine rings is 1. The highest BCUT2D eigenvalue weighted by Crippen LogP contribution is 2.32. The molecule has 2 aromatic heterocycles. The number of hydrogen-bond acceptors (Lipinski definition) is 6. The summed E-state index contributed by atoms with van der Waals surface area (Å²) in [7, 11) is 0. The van der Waals surface area contributed by atoms with Crippen molar-refractivity contribution in [1.29, 1.82) is 0 Å². The third kappa shape index (κ3) is 4.06. The zero-order valence-electron chi connectivity index (χ0n) is 18.4. The number of anilines is 1. The number of benzene rings is 1. The Kier molecular flexibility index (Phi) is 6.11. The Morgan fingerprint density at radius 2 is 1.91 bits per heavy atom. The number of carbonyl (C=O) groups is 1. The molecule has 1 N–H and O–H groups in total. The number of nitrogens with one attached hydrogen (secondary N) is 1. The van der Waals surface area contributed by atoms with Crippen molar-refractivity contribution < 1.29 is 22.7 Å². The van der Waals surface area contributed by atoms with Gasteiger partial charge in [-0.1, -0.05) is 0 Å². The summed E-state index contributed by atoms with van der Waals surface area (Å²) in [4.78, 5) is 30.9. The van der Waals surface area contributed by atoms with Crippen LogP contribution in [0.25, 0.3) is 16.7 Å². The first-order valence-electron chi connectivity index (χ1n) is 10.6. The summed E-state index contributed by atoms with van der Waals surface area (Å²) in [5.74, 6) is -4.13. The first kappa shape index (κ1) is 22.8. The number of esters is 1. The fourth-order valence-corrected chi connectivity index (χ4v) is 4.28. The lowest BCUT2D eigenvalue weighted by Gasteiger charge is -2.38. The number of hydrogen-bond donors (Lipinski definition) is 1. The lowest BCUT2D eigenvalue weighted by atomic mass is 10.1. The van der Waals surface area contributed by atoms with E-state index in [0.717, 1.165) is 22.9 Å². The zero-order chi connectivity index (χ0) is 23.9. The molecule has 33 heavy (non-hydrogen) atoms. The van der Waals surface area contributed by atoms with Crippen molar-refractivity contribution in [3.8, 4) is 5.82 Å². The van der Waals surface area contributed by atoms with Gasteiger partial charge in [-0.25, -0.2) is 22.9 Å². The Bertz CT molecular complexity index is 1280. The molecule has 0 radical (unpaired) electrons. The van der Waals surface area contributed by atoms with Crippen LogP contribution in [0.1, 0.15) is 31.1 Å². The van der Waals surface area contributed by atoms with Gasteiger partial charge in [0.1, 0.15) is 17.1 Å². The number of rotatable bonds is 4. The SMILES string of the molecule is CCOC(=O)c1cn(-c2ncccc2F)c2c(F)c(N3CC(C)NC(C)C3)c(F)cc2c1=O. The predicted octanol–water partition coefficient (Wildman–Crippen LogP) is 3.17. The summed E-state index contributed by atoms with van der Waals surface area (Å²) in [6, 6.07) is 3.27. The number of fused-ring (bicyclic) bond motifs is 1. The van der Waals surface area contributed by atoms with Crippen molar-refractivity contribution in [2.24, 2.45) is 0 Å². The number of aromatic nitrogens is 2. The Labute approximate surface area is 187 Å². The lowest BCUT2D eigenvalue weighted by Crippen LogP contribution is -2.54. The molecule has 174 valence electrons.